The Morgan fingerprint density at radius 3 is 3.20 bits per heavy atom. The van der Waals surface area contributed by atoms with E-state index >= 15 is 0 Å². The Hall–Kier alpha value is -1.13. The van der Waals surface area contributed by atoms with E-state index in [0.717, 1.165) is 12.1 Å². The second-order valence-electron chi connectivity index (χ2n) is 4.18. The van der Waals surface area contributed by atoms with Crippen LogP contribution < -0.4 is 0 Å². The number of aliphatic hydroxyl groups excluding tert-OH is 1. The number of carbonyl (C=O) groups is 1. The van der Waals surface area contributed by atoms with Crippen molar-refractivity contribution in [3.8, 4) is 0 Å². The Labute approximate surface area is 87.8 Å². The summed E-state index contributed by atoms with van der Waals surface area (Å²) in [6.45, 7) is 0. The molecular formula is C11H13NO3. The van der Waals surface area contributed by atoms with Crippen LogP contribution in [-0.4, -0.2) is 34.3 Å². The van der Waals surface area contributed by atoms with Crippen LogP contribution in [-0.2, 0) is 9.53 Å². The molecule has 3 atom stereocenters. The molecule has 4 nitrogen and oxygen atoms in total. The first-order valence-electron chi connectivity index (χ1n) is 5.28. The van der Waals surface area contributed by atoms with Gasteiger partial charge in [0.2, 0.25) is 5.91 Å². The summed E-state index contributed by atoms with van der Waals surface area (Å²) in [5, 5.41) is 9.49. The highest BCUT2D eigenvalue weighted by atomic mass is 16.6. The lowest BCUT2D eigenvalue weighted by atomic mass is 10.0. The predicted molar refractivity (Wildman–Crippen MR) is 52.6 cm³/mol. The SMILES string of the molecule is O=C1CCC2OC2N1C1=CC=CC(O)C1. The van der Waals surface area contributed by atoms with Gasteiger partial charge < -0.3 is 9.84 Å². The number of allylic oxidation sites excluding steroid dienone is 2. The van der Waals surface area contributed by atoms with Gasteiger partial charge in [-0.05, 0) is 12.5 Å². The Kier molecular flexibility index (Phi) is 1.94. The van der Waals surface area contributed by atoms with Gasteiger partial charge in [-0.3, -0.25) is 9.69 Å². The van der Waals surface area contributed by atoms with Gasteiger partial charge in [0, 0.05) is 18.5 Å². The standard InChI is InChI=1S/C11H13NO3/c13-8-3-1-2-7(6-8)12-10(14)5-4-9-11(12)15-9/h1-3,8-9,11,13H,4-6H2. The molecule has 3 rings (SSSR count). The topological polar surface area (TPSA) is 53.1 Å². The van der Waals surface area contributed by atoms with Crippen LogP contribution in [0.25, 0.3) is 0 Å². The second-order valence-corrected chi connectivity index (χ2v) is 4.18. The average molecular weight is 207 g/mol. The molecular weight excluding hydrogens is 194 g/mol. The third kappa shape index (κ3) is 1.50. The maximum absolute atomic E-state index is 11.7. The molecule has 4 heteroatoms. The summed E-state index contributed by atoms with van der Waals surface area (Å²) >= 11 is 0. The summed E-state index contributed by atoms with van der Waals surface area (Å²) < 4.78 is 5.41. The number of rotatable bonds is 1. The van der Waals surface area contributed by atoms with Crippen LogP contribution in [0.4, 0.5) is 0 Å². The van der Waals surface area contributed by atoms with Gasteiger partial charge in [0.1, 0.15) is 6.10 Å². The lowest BCUT2D eigenvalue weighted by Gasteiger charge is -2.28. The number of epoxide rings is 1. The molecule has 0 spiro atoms. The number of aliphatic hydroxyl groups is 1. The first-order valence-corrected chi connectivity index (χ1v) is 5.28. The molecule has 3 aliphatic rings. The molecule has 80 valence electrons. The van der Waals surface area contributed by atoms with Crippen LogP contribution in [0, 0.1) is 0 Å². The molecule has 1 N–H and O–H groups in total. The summed E-state index contributed by atoms with van der Waals surface area (Å²) in [6.07, 6.45) is 7.00. The fraction of sp³-hybridized carbons (Fsp3) is 0.545. The number of hydrogen-bond donors (Lipinski definition) is 1. The van der Waals surface area contributed by atoms with Gasteiger partial charge in [0.05, 0.1) is 6.10 Å². The van der Waals surface area contributed by atoms with Crippen LogP contribution in [0.15, 0.2) is 23.9 Å². The van der Waals surface area contributed by atoms with Crippen LogP contribution >= 0.6 is 0 Å². The molecule has 0 saturated carbocycles. The normalized spacial score (nSPS) is 38.7. The third-order valence-electron chi connectivity index (χ3n) is 3.07. The summed E-state index contributed by atoms with van der Waals surface area (Å²) in [7, 11) is 0. The summed E-state index contributed by atoms with van der Waals surface area (Å²) in [4.78, 5) is 13.4. The number of nitrogens with zero attached hydrogens (tertiary/aromatic N) is 1. The zero-order valence-corrected chi connectivity index (χ0v) is 8.30. The van der Waals surface area contributed by atoms with Crippen molar-refractivity contribution in [3.05, 3.63) is 23.9 Å². The van der Waals surface area contributed by atoms with E-state index in [9.17, 15) is 9.90 Å². The molecule has 0 bridgehead atoms. The van der Waals surface area contributed by atoms with Crippen LogP contribution in [0.3, 0.4) is 0 Å². The van der Waals surface area contributed by atoms with Crippen molar-refractivity contribution in [2.45, 2.75) is 37.7 Å². The van der Waals surface area contributed by atoms with E-state index in [4.69, 9.17) is 4.74 Å². The Morgan fingerprint density at radius 2 is 2.40 bits per heavy atom. The fourth-order valence-electron chi connectivity index (χ4n) is 2.25. The molecule has 0 aromatic rings. The molecule has 3 unspecified atom stereocenters. The van der Waals surface area contributed by atoms with E-state index in [1.165, 1.54) is 0 Å². The number of piperidine rings is 1. The smallest absolute Gasteiger partial charge is 0.229 e. The number of carbonyl (C=O) groups excluding carboxylic acids is 1. The number of amides is 1. The number of likely N-dealkylation sites (tertiary alicyclic amines) is 1. The van der Waals surface area contributed by atoms with Gasteiger partial charge >= 0.3 is 0 Å². The monoisotopic (exact) mass is 207 g/mol. The van der Waals surface area contributed by atoms with E-state index in [1.54, 1.807) is 17.1 Å². The van der Waals surface area contributed by atoms with E-state index in [2.05, 4.69) is 0 Å². The van der Waals surface area contributed by atoms with Gasteiger partial charge in [0.15, 0.2) is 6.23 Å². The maximum Gasteiger partial charge on any atom is 0.229 e. The second kappa shape index (κ2) is 3.18. The quantitative estimate of drug-likeness (QED) is 0.638. The van der Waals surface area contributed by atoms with Gasteiger partial charge in [0.25, 0.3) is 0 Å². The van der Waals surface area contributed by atoms with E-state index in [-0.39, 0.29) is 18.2 Å². The van der Waals surface area contributed by atoms with Gasteiger partial charge in [-0.15, -0.1) is 0 Å². The van der Waals surface area contributed by atoms with Gasteiger partial charge in [-0.1, -0.05) is 12.2 Å². The van der Waals surface area contributed by atoms with Crippen LogP contribution in [0.2, 0.25) is 0 Å². The predicted octanol–water partition coefficient (Wildman–Crippen LogP) is 0.538. The minimum absolute atomic E-state index is 0.0591. The molecule has 1 amide bonds. The van der Waals surface area contributed by atoms with Crippen LogP contribution in [0.1, 0.15) is 19.3 Å². The zero-order chi connectivity index (χ0) is 10.4. The highest BCUT2D eigenvalue weighted by Gasteiger charge is 2.50. The molecule has 0 radical (unpaired) electrons. The summed E-state index contributed by atoms with van der Waals surface area (Å²) in [5.74, 6) is 0.113. The summed E-state index contributed by atoms with van der Waals surface area (Å²) in [6, 6.07) is 0. The largest absolute Gasteiger partial charge is 0.389 e. The van der Waals surface area contributed by atoms with E-state index in [1.807, 2.05) is 6.08 Å². The van der Waals surface area contributed by atoms with Crippen molar-refractivity contribution in [2.75, 3.05) is 0 Å². The molecule has 2 heterocycles. The molecule has 0 aromatic carbocycles. The van der Waals surface area contributed by atoms with Crippen molar-refractivity contribution in [3.63, 3.8) is 0 Å². The maximum atomic E-state index is 11.7. The molecule has 2 fully saturated rings. The molecule has 2 aliphatic heterocycles. The van der Waals surface area contributed by atoms with Crippen molar-refractivity contribution < 1.29 is 14.6 Å². The molecule has 1 aliphatic carbocycles. The zero-order valence-electron chi connectivity index (χ0n) is 8.30. The lowest BCUT2D eigenvalue weighted by Crippen LogP contribution is -2.38. The number of ether oxygens (including phenoxy) is 1. The van der Waals surface area contributed by atoms with Crippen molar-refractivity contribution in [2.24, 2.45) is 0 Å². The fourth-order valence-corrected chi connectivity index (χ4v) is 2.25. The molecule has 15 heavy (non-hydrogen) atoms. The third-order valence-corrected chi connectivity index (χ3v) is 3.07. The first-order chi connectivity index (χ1) is 7.25. The van der Waals surface area contributed by atoms with Crippen molar-refractivity contribution in [1.29, 1.82) is 0 Å². The lowest BCUT2D eigenvalue weighted by molar-refractivity contribution is -0.132. The highest BCUT2D eigenvalue weighted by molar-refractivity contribution is 5.80. The van der Waals surface area contributed by atoms with E-state index < -0.39 is 6.10 Å². The molecule has 2 saturated heterocycles. The Balaban J connectivity index is 1.83. The number of hydrogen-bond acceptors (Lipinski definition) is 3. The minimum Gasteiger partial charge on any atom is -0.389 e. The number of fused-ring (bicyclic) bond motifs is 1. The summed E-state index contributed by atoms with van der Waals surface area (Å²) in [5.41, 5.74) is 0.877. The van der Waals surface area contributed by atoms with Gasteiger partial charge in [-0.25, -0.2) is 0 Å². The van der Waals surface area contributed by atoms with Crippen molar-refractivity contribution >= 4 is 5.91 Å². The molecule has 0 aromatic heterocycles. The highest BCUT2D eigenvalue weighted by Crippen LogP contribution is 2.38. The van der Waals surface area contributed by atoms with Crippen LogP contribution in [0.5, 0.6) is 0 Å². The Bertz CT molecular complexity index is 361. The minimum atomic E-state index is -0.475. The van der Waals surface area contributed by atoms with Gasteiger partial charge in [-0.2, -0.15) is 0 Å². The van der Waals surface area contributed by atoms with E-state index in [0.29, 0.717) is 12.8 Å². The average Bonchev–Trinajstić information content (AvgIpc) is 2.96. The Morgan fingerprint density at radius 1 is 1.53 bits per heavy atom. The van der Waals surface area contributed by atoms with Crippen molar-refractivity contribution in [1.82, 2.24) is 4.90 Å². The first kappa shape index (κ1) is 9.12.